The fourth-order valence-electron chi connectivity index (χ4n) is 1.94. The standard InChI is InChI=1S/C17H17ClN2O2/c1-3-16(13-5-4-6-14(18)11-13)19-20-17(21)12-7-9-15(22-2)10-8-12/h4-11H,3H2,1-2H3,(H,20,21). The molecule has 0 aliphatic carbocycles. The number of rotatable bonds is 5. The smallest absolute Gasteiger partial charge is 0.271 e. The molecule has 2 rings (SSSR count). The van der Waals surface area contributed by atoms with Gasteiger partial charge in [0, 0.05) is 10.6 Å². The number of amides is 1. The molecular formula is C17H17ClN2O2. The molecule has 2 aromatic carbocycles. The van der Waals surface area contributed by atoms with E-state index < -0.39 is 0 Å². The minimum absolute atomic E-state index is 0.268. The molecule has 0 spiro atoms. The second-order valence-electron chi connectivity index (χ2n) is 4.59. The Hall–Kier alpha value is -2.33. The first-order valence-electron chi connectivity index (χ1n) is 6.91. The Kier molecular flexibility index (Phi) is 5.55. The molecule has 5 heteroatoms. The molecule has 22 heavy (non-hydrogen) atoms. The molecule has 0 unspecified atom stereocenters. The molecule has 0 fully saturated rings. The summed E-state index contributed by atoms with van der Waals surface area (Å²) in [5.74, 6) is 0.434. The Morgan fingerprint density at radius 3 is 2.50 bits per heavy atom. The summed E-state index contributed by atoms with van der Waals surface area (Å²) in [4.78, 5) is 12.1. The van der Waals surface area contributed by atoms with Crippen molar-refractivity contribution in [2.75, 3.05) is 7.11 Å². The quantitative estimate of drug-likeness (QED) is 0.672. The van der Waals surface area contributed by atoms with Crippen molar-refractivity contribution in [2.24, 2.45) is 5.10 Å². The molecule has 0 saturated heterocycles. The van der Waals surface area contributed by atoms with Gasteiger partial charge in [-0.25, -0.2) is 5.43 Å². The first-order valence-corrected chi connectivity index (χ1v) is 7.28. The van der Waals surface area contributed by atoms with Crippen LogP contribution < -0.4 is 10.2 Å². The molecule has 0 aliphatic heterocycles. The number of benzene rings is 2. The molecule has 0 saturated carbocycles. The number of nitrogens with zero attached hydrogens (tertiary/aromatic N) is 1. The average molecular weight is 317 g/mol. The maximum Gasteiger partial charge on any atom is 0.271 e. The average Bonchev–Trinajstić information content (AvgIpc) is 2.55. The van der Waals surface area contributed by atoms with Crippen LogP contribution in [-0.2, 0) is 0 Å². The zero-order valence-electron chi connectivity index (χ0n) is 12.5. The summed E-state index contributed by atoms with van der Waals surface area (Å²) in [7, 11) is 1.58. The molecule has 1 amide bonds. The van der Waals surface area contributed by atoms with E-state index in [4.69, 9.17) is 16.3 Å². The van der Waals surface area contributed by atoms with Crippen molar-refractivity contribution >= 4 is 23.2 Å². The van der Waals surface area contributed by atoms with Gasteiger partial charge in [0.15, 0.2) is 0 Å². The molecule has 2 aromatic rings. The Balaban J connectivity index is 2.12. The zero-order chi connectivity index (χ0) is 15.9. The van der Waals surface area contributed by atoms with E-state index >= 15 is 0 Å². The fraction of sp³-hybridized carbons (Fsp3) is 0.176. The van der Waals surface area contributed by atoms with Gasteiger partial charge in [-0.05, 0) is 48.4 Å². The summed E-state index contributed by atoms with van der Waals surface area (Å²) >= 11 is 5.98. The van der Waals surface area contributed by atoms with Crippen LogP contribution in [0.2, 0.25) is 5.02 Å². The van der Waals surface area contributed by atoms with Gasteiger partial charge in [-0.15, -0.1) is 0 Å². The molecule has 1 N–H and O–H groups in total. The van der Waals surface area contributed by atoms with Crippen LogP contribution >= 0.6 is 11.6 Å². The van der Waals surface area contributed by atoms with Crippen molar-refractivity contribution in [1.29, 1.82) is 0 Å². The van der Waals surface area contributed by atoms with Crippen molar-refractivity contribution in [1.82, 2.24) is 5.43 Å². The van der Waals surface area contributed by atoms with Crippen molar-refractivity contribution in [3.05, 3.63) is 64.7 Å². The topological polar surface area (TPSA) is 50.7 Å². The SMILES string of the molecule is CCC(=NNC(=O)c1ccc(OC)cc1)c1cccc(Cl)c1. The Morgan fingerprint density at radius 2 is 1.91 bits per heavy atom. The van der Waals surface area contributed by atoms with Crippen LogP contribution in [-0.4, -0.2) is 18.7 Å². The van der Waals surface area contributed by atoms with Gasteiger partial charge in [0.25, 0.3) is 5.91 Å². The van der Waals surface area contributed by atoms with Crippen LogP contribution in [0.15, 0.2) is 53.6 Å². The summed E-state index contributed by atoms with van der Waals surface area (Å²) in [5, 5.41) is 4.84. The highest BCUT2D eigenvalue weighted by Crippen LogP contribution is 2.13. The number of carbonyl (C=O) groups is 1. The third kappa shape index (κ3) is 4.09. The normalized spacial score (nSPS) is 11.1. The highest BCUT2D eigenvalue weighted by Gasteiger charge is 2.06. The third-order valence-corrected chi connectivity index (χ3v) is 3.37. The number of carbonyl (C=O) groups excluding carboxylic acids is 1. The number of nitrogens with one attached hydrogen (secondary N) is 1. The van der Waals surface area contributed by atoms with E-state index in [1.165, 1.54) is 0 Å². The highest BCUT2D eigenvalue weighted by atomic mass is 35.5. The number of hydrogen-bond donors (Lipinski definition) is 1. The van der Waals surface area contributed by atoms with Gasteiger partial charge < -0.3 is 4.74 Å². The fourth-order valence-corrected chi connectivity index (χ4v) is 2.13. The molecule has 0 atom stereocenters. The maximum atomic E-state index is 12.1. The van der Waals surface area contributed by atoms with E-state index in [2.05, 4.69) is 10.5 Å². The number of ether oxygens (including phenoxy) is 1. The minimum atomic E-state index is -0.268. The van der Waals surface area contributed by atoms with E-state index in [1.54, 1.807) is 37.4 Å². The van der Waals surface area contributed by atoms with Crippen molar-refractivity contribution < 1.29 is 9.53 Å². The summed E-state index contributed by atoms with van der Waals surface area (Å²) in [6.07, 6.45) is 0.684. The highest BCUT2D eigenvalue weighted by molar-refractivity contribution is 6.31. The lowest BCUT2D eigenvalue weighted by molar-refractivity contribution is 0.0955. The largest absolute Gasteiger partial charge is 0.497 e. The minimum Gasteiger partial charge on any atom is -0.497 e. The lowest BCUT2D eigenvalue weighted by atomic mass is 10.1. The second kappa shape index (κ2) is 7.61. The monoisotopic (exact) mass is 316 g/mol. The lowest BCUT2D eigenvalue weighted by Crippen LogP contribution is -2.19. The maximum absolute atomic E-state index is 12.1. The number of hydrazone groups is 1. The molecule has 114 valence electrons. The summed E-state index contributed by atoms with van der Waals surface area (Å²) < 4.78 is 5.06. The van der Waals surface area contributed by atoms with Gasteiger partial charge in [-0.3, -0.25) is 4.79 Å². The zero-order valence-corrected chi connectivity index (χ0v) is 13.2. The molecule has 0 aliphatic rings. The molecule has 0 aromatic heterocycles. The van der Waals surface area contributed by atoms with E-state index in [0.717, 1.165) is 11.3 Å². The van der Waals surface area contributed by atoms with Gasteiger partial charge in [0.2, 0.25) is 0 Å². The molecule has 0 bridgehead atoms. The van der Waals surface area contributed by atoms with E-state index in [9.17, 15) is 4.79 Å². The molecular weight excluding hydrogens is 300 g/mol. The van der Waals surface area contributed by atoms with Crippen LogP contribution in [0, 0.1) is 0 Å². The number of methoxy groups -OCH3 is 1. The van der Waals surface area contributed by atoms with E-state index in [1.807, 2.05) is 25.1 Å². The van der Waals surface area contributed by atoms with E-state index in [-0.39, 0.29) is 5.91 Å². The van der Waals surface area contributed by atoms with Gasteiger partial charge in [0.1, 0.15) is 5.75 Å². The van der Waals surface area contributed by atoms with Crippen LogP contribution in [0.4, 0.5) is 0 Å². The molecule has 4 nitrogen and oxygen atoms in total. The Labute approximate surface area is 134 Å². The van der Waals surface area contributed by atoms with Crippen molar-refractivity contribution in [3.63, 3.8) is 0 Å². The first kappa shape index (κ1) is 16.0. The van der Waals surface area contributed by atoms with Gasteiger partial charge >= 0.3 is 0 Å². The van der Waals surface area contributed by atoms with Crippen LogP contribution in [0.5, 0.6) is 5.75 Å². The second-order valence-corrected chi connectivity index (χ2v) is 5.03. The molecule has 0 heterocycles. The Morgan fingerprint density at radius 1 is 1.18 bits per heavy atom. The first-order chi connectivity index (χ1) is 10.6. The summed E-state index contributed by atoms with van der Waals surface area (Å²) in [6, 6.07) is 14.2. The Bertz CT molecular complexity index is 681. The van der Waals surface area contributed by atoms with Crippen LogP contribution in [0.3, 0.4) is 0 Å². The predicted molar refractivity (Wildman–Crippen MR) is 88.7 cm³/mol. The summed E-state index contributed by atoms with van der Waals surface area (Å²) in [5.41, 5.74) is 4.75. The van der Waals surface area contributed by atoms with Crippen molar-refractivity contribution in [2.45, 2.75) is 13.3 Å². The van der Waals surface area contributed by atoms with Crippen LogP contribution in [0.25, 0.3) is 0 Å². The lowest BCUT2D eigenvalue weighted by Gasteiger charge is -2.06. The van der Waals surface area contributed by atoms with Gasteiger partial charge in [0.05, 0.1) is 12.8 Å². The molecule has 0 radical (unpaired) electrons. The predicted octanol–water partition coefficient (Wildman–Crippen LogP) is 3.89. The number of halogens is 1. The summed E-state index contributed by atoms with van der Waals surface area (Å²) in [6.45, 7) is 1.97. The van der Waals surface area contributed by atoms with Gasteiger partial charge in [-0.1, -0.05) is 30.7 Å². The van der Waals surface area contributed by atoms with E-state index in [0.29, 0.717) is 22.8 Å². The third-order valence-electron chi connectivity index (χ3n) is 3.14. The van der Waals surface area contributed by atoms with Crippen molar-refractivity contribution in [3.8, 4) is 5.75 Å². The number of hydrogen-bond acceptors (Lipinski definition) is 3. The van der Waals surface area contributed by atoms with Crippen LogP contribution in [0.1, 0.15) is 29.3 Å². The van der Waals surface area contributed by atoms with Gasteiger partial charge in [-0.2, -0.15) is 5.10 Å².